The number of benzene rings is 1. The zero-order valence-electron chi connectivity index (χ0n) is 12.9. The third-order valence-electron chi connectivity index (χ3n) is 2.65. The fourth-order valence-corrected chi connectivity index (χ4v) is 1.50. The number of hydrogen-bond donors (Lipinski definition) is 5. The average molecular weight is 343 g/mol. The Hall–Kier alpha value is -2.65. The van der Waals surface area contributed by atoms with E-state index < -0.39 is 36.4 Å². The molecule has 0 radical (unpaired) electrons. The molecule has 6 N–H and O–H groups in total. The van der Waals surface area contributed by atoms with Gasteiger partial charge >= 0.3 is 17.9 Å². The maximum atomic E-state index is 10.3. The van der Waals surface area contributed by atoms with Crippen LogP contribution < -0.4 is 10.5 Å². The maximum absolute atomic E-state index is 10.3. The van der Waals surface area contributed by atoms with E-state index in [4.69, 9.17) is 30.9 Å². The van der Waals surface area contributed by atoms with Crippen molar-refractivity contribution in [3.05, 3.63) is 30.3 Å². The average Bonchev–Trinajstić information content (AvgIpc) is 2.47. The van der Waals surface area contributed by atoms with Crippen LogP contribution in [0.4, 0.5) is 0 Å². The number of carboxylic acid groups (broad SMARTS) is 3. The van der Waals surface area contributed by atoms with E-state index in [9.17, 15) is 14.4 Å². The van der Waals surface area contributed by atoms with Crippen LogP contribution in [0.1, 0.15) is 19.3 Å². The van der Waals surface area contributed by atoms with Crippen LogP contribution >= 0.6 is 0 Å². The first kappa shape index (κ1) is 21.4. The third-order valence-corrected chi connectivity index (χ3v) is 2.65. The van der Waals surface area contributed by atoms with Gasteiger partial charge in [0.1, 0.15) is 5.75 Å². The van der Waals surface area contributed by atoms with Gasteiger partial charge in [0.15, 0.2) is 5.60 Å². The Labute approximate surface area is 138 Å². The summed E-state index contributed by atoms with van der Waals surface area (Å²) in [6.07, 6.45) is -1.38. The predicted molar refractivity (Wildman–Crippen MR) is 82.7 cm³/mol. The molecule has 9 nitrogen and oxygen atoms in total. The second-order valence-corrected chi connectivity index (χ2v) is 4.78. The predicted octanol–water partition coefficient (Wildman–Crippen LogP) is 0.166. The van der Waals surface area contributed by atoms with Gasteiger partial charge in [0.05, 0.1) is 19.4 Å². The lowest BCUT2D eigenvalue weighted by atomic mass is 9.96. The summed E-state index contributed by atoms with van der Waals surface area (Å²) in [6.45, 7) is 1.40. The quantitative estimate of drug-likeness (QED) is 0.392. The number of rotatable bonds is 9. The molecule has 0 aliphatic carbocycles. The highest BCUT2D eigenvalue weighted by atomic mass is 16.5. The van der Waals surface area contributed by atoms with Crippen molar-refractivity contribution < 1.29 is 39.5 Å². The molecule has 0 amide bonds. The number of aliphatic hydroxyl groups is 1. The monoisotopic (exact) mass is 343 g/mol. The molecule has 1 rings (SSSR count). The molecule has 1 aromatic carbocycles. The molecular formula is C15H21NO8. The SMILES string of the molecule is NCCCOc1ccccc1.O=C(O)CC(O)(CC(=O)O)C(=O)O. The molecule has 0 unspecified atom stereocenters. The number of nitrogens with two attached hydrogens (primary N) is 1. The molecule has 1 aromatic rings. The minimum atomic E-state index is -2.74. The Morgan fingerprint density at radius 2 is 1.50 bits per heavy atom. The van der Waals surface area contributed by atoms with Gasteiger partial charge in [0.25, 0.3) is 0 Å². The second-order valence-electron chi connectivity index (χ2n) is 4.78. The van der Waals surface area contributed by atoms with E-state index >= 15 is 0 Å². The zero-order valence-corrected chi connectivity index (χ0v) is 12.9. The van der Waals surface area contributed by atoms with Crippen molar-refractivity contribution in [1.29, 1.82) is 0 Å². The highest BCUT2D eigenvalue weighted by molar-refractivity contribution is 5.88. The summed E-state index contributed by atoms with van der Waals surface area (Å²) < 4.78 is 5.37. The lowest BCUT2D eigenvalue weighted by Crippen LogP contribution is -2.42. The van der Waals surface area contributed by atoms with Crippen molar-refractivity contribution in [3.8, 4) is 5.75 Å². The molecule has 9 heteroatoms. The lowest BCUT2D eigenvalue weighted by molar-refractivity contribution is -0.170. The largest absolute Gasteiger partial charge is 0.494 e. The minimum absolute atomic E-state index is 0.687. The van der Waals surface area contributed by atoms with E-state index in [1.165, 1.54) is 0 Å². The number of ether oxygens (including phenoxy) is 1. The van der Waals surface area contributed by atoms with Gasteiger partial charge in [0, 0.05) is 0 Å². The molecule has 134 valence electrons. The van der Waals surface area contributed by atoms with Crippen LogP contribution in [-0.2, 0) is 14.4 Å². The molecule has 0 bridgehead atoms. The van der Waals surface area contributed by atoms with E-state index in [0.717, 1.165) is 12.2 Å². The maximum Gasteiger partial charge on any atom is 0.336 e. The van der Waals surface area contributed by atoms with Crippen LogP contribution in [-0.4, -0.2) is 57.1 Å². The van der Waals surface area contributed by atoms with Gasteiger partial charge in [-0.3, -0.25) is 9.59 Å². The van der Waals surface area contributed by atoms with Gasteiger partial charge in [-0.1, -0.05) is 18.2 Å². The number of carbonyl (C=O) groups is 3. The summed E-state index contributed by atoms with van der Waals surface area (Å²) in [5, 5.41) is 33.8. The first-order valence-corrected chi connectivity index (χ1v) is 6.98. The smallest absolute Gasteiger partial charge is 0.336 e. The molecule has 0 saturated carbocycles. The highest BCUT2D eigenvalue weighted by Crippen LogP contribution is 2.15. The number of para-hydroxylation sites is 1. The van der Waals surface area contributed by atoms with E-state index in [0.29, 0.717) is 13.2 Å². The Bertz CT molecular complexity index is 516. The Balaban J connectivity index is 0.000000446. The van der Waals surface area contributed by atoms with E-state index in [1.54, 1.807) is 0 Å². The van der Waals surface area contributed by atoms with Crippen LogP contribution in [0.5, 0.6) is 5.75 Å². The van der Waals surface area contributed by atoms with Crippen molar-refractivity contribution in [2.45, 2.75) is 24.9 Å². The standard InChI is InChI=1S/C9H13NO.C6H8O7/c10-7-4-8-11-9-5-2-1-3-6-9;7-3(8)1-6(13,5(11)12)2-4(9)10/h1-3,5-6H,4,7-8,10H2;13H,1-2H2,(H,7,8)(H,9,10)(H,11,12). The number of carboxylic acids is 3. The lowest BCUT2D eigenvalue weighted by Gasteiger charge is -2.18. The van der Waals surface area contributed by atoms with Crippen LogP contribution in [0.2, 0.25) is 0 Å². The van der Waals surface area contributed by atoms with Crippen molar-refractivity contribution in [2.75, 3.05) is 13.2 Å². The molecular weight excluding hydrogens is 322 g/mol. The van der Waals surface area contributed by atoms with E-state index in [1.807, 2.05) is 30.3 Å². The molecule has 0 fully saturated rings. The number of aliphatic carboxylic acids is 3. The van der Waals surface area contributed by atoms with Crippen LogP contribution in [0, 0.1) is 0 Å². The van der Waals surface area contributed by atoms with Crippen LogP contribution in [0.3, 0.4) is 0 Å². The Kier molecular flexibility index (Phi) is 9.76. The van der Waals surface area contributed by atoms with Crippen LogP contribution in [0.25, 0.3) is 0 Å². The van der Waals surface area contributed by atoms with Crippen molar-refractivity contribution in [1.82, 2.24) is 0 Å². The van der Waals surface area contributed by atoms with Crippen LogP contribution in [0.15, 0.2) is 30.3 Å². The van der Waals surface area contributed by atoms with Crippen molar-refractivity contribution in [2.24, 2.45) is 5.73 Å². The summed E-state index contributed by atoms with van der Waals surface area (Å²) in [6, 6.07) is 9.76. The van der Waals surface area contributed by atoms with Crippen molar-refractivity contribution >= 4 is 17.9 Å². The Morgan fingerprint density at radius 1 is 1.00 bits per heavy atom. The first-order valence-electron chi connectivity index (χ1n) is 6.98. The van der Waals surface area contributed by atoms with Gasteiger partial charge < -0.3 is 30.9 Å². The molecule has 0 heterocycles. The fourth-order valence-electron chi connectivity index (χ4n) is 1.50. The normalized spacial score (nSPS) is 10.2. The van der Waals surface area contributed by atoms with Gasteiger partial charge in [-0.05, 0) is 25.1 Å². The highest BCUT2D eigenvalue weighted by Gasteiger charge is 2.40. The summed E-state index contributed by atoms with van der Waals surface area (Å²) >= 11 is 0. The van der Waals surface area contributed by atoms with Gasteiger partial charge in [-0.2, -0.15) is 0 Å². The molecule has 0 aromatic heterocycles. The molecule has 0 atom stereocenters. The second kappa shape index (κ2) is 11.0. The van der Waals surface area contributed by atoms with E-state index in [2.05, 4.69) is 0 Å². The van der Waals surface area contributed by atoms with Crippen molar-refractivity contribution in [3.63, 3.8) is 0 Å². The molecule has 0 aliphatic rings. The Morgan fingerprint density at radius 3 is 1.88 bits per heavy atom. The zero-order chi connectivity index (χ0) is 18.6. The fraction of sp³-hybridized carbons (Fsp3) is 0.400. The molecule has 0 spiro atoms. The summed E-state index contributed by atoms with van der Waals surface area (Å²) in [7, 11) is 0. The summed E-state index contributed by atoms with van der Waals surface area (Å²) in [5.41, 5.74) is 2.57. The molecule has 0 saturated heterocycles. The third kappa shape index (κ3) is 9.38. The molecule has 0 aliphatic heterocycles. The number of hydrogen-bond acceptors (Lipinski definition) is 6. The van der Waals surface area contributed by atoms with Gasteiger partial charge in [-0.15, -0.1) is 0 Å². The molecule has 24 heavy (non-hydrogen) atoms. The van der Waals surface area contributed by atoms with Gasteiger partial charge in [-0.25, -0.2) is 4.79 Å². The summed E-state index contributed by atoms with van der Waals surface area (Å²) in [4.78, 5) is 30.5. The minimum Gasteiger partial charge on any atom is -0.494 e. The first-order chi connectivity index (χ1) is 11.2. The van der Waals surface area contributed by atoms with Gasteiger partial charge in [0.2, 0.25) is 0 Å². The summed E-state index contributed by atoms with van der Waals surface area (Å²) in [5.74, 6) is -4.10. The topological polar surface area (TPSA) is 167 Å². The van der Waals surface area contributed by atoms with E-state index in [-0.39, 0.29) is 0 Å².